The van der Waals surface area contributed by atoms with Crippen molar-refractivity contribution in [3.8, 4) is 0 Å². The fourth-order valence-electron chi connectivity index (χ4n) is 2.55. The second-order valence-corrected chi connectivity index (χ2v) is 8.19. The van der Waals surface area contributed by atoms with Gasteiger partial charge in [-0.05, 0) is 38.0 Å². The summed E-state index contributed by atoms with van der Waals surface area (Å²) in [6, 6.07) is 4.16. The number of nitrogens with zero attached hydrogens (tertiary/aromatic N) is 1. The summed E-state index contributed by atoms with van der Waals surface area (Å²) in [6.45, 7) is 3.58. The summed E-state index contributed by atoms with van der Waals surface area (Å²) >= 11 is 6.06. The molecule has 25 heavy (non-hydrogen) atoms. The quantitative estimate of drug-likeness (QED) is 0.782. The number of ether oxygens (including phenoxy) is 1. The van der Waals surface area contributed by atoms with Gasteiger partial charge in [-0.15, -0.1) is 0 Å². The van der Waals surface area contributed by atoms with Gasteiger partial charge in [0.2, 0.25) is 10.0 Å². The smallest absolute Gasteiger partial charge is 0.303 e. The van der Waals surface area contributed by atoms with Crippen LogP contribution < -0.4 is 5.32 Å². The fraction of sp³-hybridized carbons (Fsp3) is 0.500. The maximum Gasteiger partial charge on any atom is 0.303 e. The predicted molar refractivity (Wildman–Crippen MR) is 93.9 cm³/mol. The van der Waals surface area contributed by atoms with Crippen molar-refractivity contribution in [3.63, 3.8) is 0 Å². The zero-order valence-electron chi connectivity index (χ0n) is 14.1. The van der Waals surface area contributed by atoms with Crippen molar-refractivity contribution in [2.75, 3.05) is 18.4 Å². The predicted octanol–water partition coefficient (Wildman–Crippen LogP) is 2.40. The first-order chi connectivity index (χ1) is 11.7. The van der Waals surface area contributed by atoms with Gasteiger partial charge in [0.05, 0.1) is 15.6 Å². The largest absolute Gasteiger partial charge is 0.453 e. The maximum atomic E-state index is 12.7. The summed E-state index contributed by atoms with van der Waals surface area (Å²) in [4.78, 5) is 23.0. The Morgan fingerprint density at radius 2 is 1.88 bits per heavy atom. The number of sulfonamides is 1. The number of hydrogen-bond donors (Lipinski definition) is 1. The van der Waals surface area contributed by atoms with Gasteiger partial charge in [0.15, 0.2) is 6.10 Å². The number of rotatable bonds is 5. The molecule has 0 bridgehead atoms. The van der Waals surface area contributed by atoms with E-state index in [1.54, 1.807) is 0 Å². The van der Waals surface area contributed by atoms with E-state index in [0.717, 1.165) is 19.3 Å². The Morgan fingerprint density at radius 3 is 2.48 bits per heavy atom. The number of benzene rings is 1. The Hall–Kier alpha value is -1.64. The number of carbonyl (C=O) groups is 2. The van der Waals surface area contributed by atoms with E-state index in [2.05, 4.69) is 5.32 Å². The van der Waals surface area contributed by atoms with Crippen molar-refractivity contribution in [2.45, 2.75) is 44.1 Å². The molecule has 1 aromatic rings. The maximum absolute atomic E-state index is 12.7. The van der Waals surface area contributed by atoms with E-state index in [1.165, 1.54) is 36.4 Å². The van der Waals surface area contributed by atoms with Gasteiger partial charge in [-0.2, -0.15) is 4.31 Å². The monoisotopic (exact) mass is 388 g/mol. The Bertz CT molecular complexity index is 760. The Labute approximate surface area is 152 Å². The molecule has 1 unspecified atom stereocenters. The van der Waals surface area contributed by atoms with Crippen LogP contribution in [-0.2, 0) is 24.3 Å². The van der Waals surface area contributed by atoms with Crippen LogP contribution >= 0.6 is 11.6 Å². The Kier molecular flexibility index (Phi) is 6.42. The van der Waals surface area contributed by atoms with Gasteiger partial charge in [-0.1, -0.05) is 18.0 Å². The lowest BCUT2D eigenvalue weighted by atomic mass is 10.2. The number of anilines is 1. The molecule has 9 heteroatoms. The highest BCUT2D eigenvalue weighted by atomic mass is 35.5. The Balaban J connectivity index is 2.22. The van der Waals surface area contributed by atoms with Gasteiger partial charge in [-0.3, -0.25) is 9.59 Å². The molecule has 1 atom stereocenters. The third-order valence-electron chi connectivity index (χ3n) is 3.86. The third-order valence-corrected chi connectivity index (χ3v) is 6.08. The molecule has 0 spiro atoms. The summed E-state index contributed by atoms with van der Waals surface area (Å²) in [6.07, 6.45) is 1.66. The van der Waals surface area contributed by atoms with Crippen molar-refractivity contribution >= 4 is 39.2 Å². The highest BCUT2D eigenvalue weighted by Gasteiger charge is 2.27. The van der Waals surface area contributed by atoms with E-state index >= 15 is 0 Å². The van der Waals surface area contributed by atoms with Crippen LogP contribution in [0.2, 0.25) is 5.02 Å². The van der Waals surface area contributed by atoms with Crippen LogP contribution in [0, 0.1) is 0 Å². The minimum Gasteiger partial charge on any atom is -0.453 e. The molecule has 0 aliphatic carbocycles. The molecular weight excluding hydrogens is 368 g/mol. The van der Waals surface area contributed by atoms with E-state index in [4.69, 9.17) is 16.3 Å². The van der Waals surface area contributed by atoms with Crippen LogP contribution in [0.15, 0.2) is 23.1 Å². The second kappa shape index (κ2) is 8.16. The Morgan fingerprint density at radius 1 is 1.24 bits per heavy atom. The van der Waals surface area contributed by atoms with Crippen molar-refractivity contribution in [3.05, 3.63) is 23.2 Å². The summed E-state index contributed by atoms with van der Waals surface area (Å²) in [5.41, 5.74) is 0.156. The van der Waals surface area contributed by atoms with Crippen molar-refractivity contribution < 1.29 is 22.7 Å². The van der Waals surface area contributed by atoms with Crippen LogP contribution in [0.3, 0.4) is 0 Å². The molecule has 1 N–H and O–H groups in total. The normalized spacial score (nSPS) is 16.9. The summed E-state index contributed by atoms with van der Waals surface area (Å²) in [5.74, 6) is -1.18. The van der Waals surface area contributed by atoms with Crippen LogP contribution in [-0.4, -0.2) is 43.8 Å². The number of halogens is 1. The number of hydrogen-bond acceptors (Lipinski definition) is 5. The number of carbonyl (C=O) groups excluding carboxylic acids is 2. The van der Waals surface area contributed by atoms with E-state index in [-0.39, 0.29) is 15.6 Å². The fourth-order valence-corrected chi connectivity index (χ4v) is 4.26. The van der Waals surface area contributed by atoms with Crippen LogP contribution in [0.4, 0.5) is 5.69 Å². The first-order valence-corrected chi connectivity index (χ1v) is 9.81. The van der Waals surface area contributed by atoms with Crippen molar-refractivity contribution in [1.82, 2.24) is 4.31 Å². The SMILES string of the molecule is CC(=O)OC(C)C(=O)Nc1cc(S(=O)(=O)N2CCCCC2)ccc1Cl. The molecule has 1 saturated heterocycles. The molecule has 1 heterocycles. The number of nitrogens with one attached hydrogen (secondary N) is 1. The minimum absolute atomic E-state index is 0.0641. The number of piperidine rings is 1. The third kappa shape index (κ3) is 4.93. The first-order valence-electron chi connectivity index (χ1n) is 7.99. The van der Waals surface area contributed by atoms with E-state index in [9.17, 15) is 18.0 Å². The molecule has 0 radical (unpaired) electrons. The topological polar surface area (TPSA) is 92.8 Å². The molecule has 1 aliphatic heterocycles. The molecule has 1 aliphatic rings. The molecule has 7 nitrogen and oxygen atoms in total. The minimum atomic E-state index is -3.64. The van der Waals surface area contributed by atoms with Crippen LogP contribution in [0.1, 0.15) is 33.1 Å². The molecule has 1 fully saturated rings. The van der Waals surface area contributed by atoms with E-state index in [0.29, 0.717) is 13.1 Å². The van der Waals surface area contributed by atoms with Crippen molar-refractivity contribution in [2.24, 2.45) is 0 Å². The highest BCUT2D eigenvalue weighted by Crippen LogP contribution is 2.28. The van der Waals surface area contributed by atoms with Crippen LogP contribution in [0.5, 0.6) is 0 Å². The van der Waals surface area contributed by atoms with E-state index in [1.807, 2.05) is 0 Å². The lowest BCUT2D eigenvalue weighted by molar-refractivity contribution is -0.150. The zero-order chi connectivity index (χ0) is 18.6. The molecule has 1 aromatic carbocycles. The number of amides is 1. The molecule has 0 aromatic heterocycles. The molecular formula is C16H21ClN2O5S. The zero-order valence-corrected chi connectivity index (χ0v) is 15.7. The number of esters is 1. The molecule has 0 saturated carbocycles. The van der Waals surface area contributed by atoms with Crippen LogP contribution in [0.25, 0.3) is 0 Å². The van der Waals surface area contributed by atoms with Gasteiger partial charge in [-0.25, -0.2) is 8.42 Å². The van der Waals surface area contributed by atoms with Gasteiger partial charge in [0.1, 0.15) is 0 Å². The highest BCUT2D eigenvalue weighted by molar-refractivity contribution is 7.89. The van der Waals surface area contributed by atoms with Gasteiger partial charge >= 0.3 is 5.97 Å². The standard InChI is InChI=1S/C16H21ClN2O5S/c1-11(24-12(2)20)16(21)18-15-10-13(6-7-14(15)17)25(22,23)19-8-4-3-5-9-19/h6-7,10-11H,3-5,8-9H2,1-2H3,(H,18,21). The molecule has 138 valence electrons. The second-order valence-electron chi connectivity index (χ2n) is 5.85. The summed E-state index contributed by atoms with van der Waals surface area (Å²) in [5, 5.41) is 2.70. The van der Waals surface area contributed by atoms with Gasteiger partial charge in [0, 0.05) is 20.0 Å². The lowest BCUT2D eigenvalue weighted by Crippen LogP contribution is -2.35. The molecule has 2 rings (SSSR count). The van der Waals surface area contributed by atoms with Gasteiger partial charge < -0.3 is 10.1 Å². The summed E-state index contributed by atoms with van der Waals surface area (Å²) in [7, 11) is -3.64. The van der Waals surface area contributed by atoms with Gasteiger partial charge in [0.25, 0.3) is 5.91 Å². The average Bonchev–Trinajstić information content (AvgIpc) is 2.56. The molecule has 1 amide bonds. The average molecular weight is 389 g/mol. The van der Waals surface area contributed by atoms with E-state index < -0.39 is 28.0 Å². The first kappa shape index (κ1) is 19.7. The lowest BCUT2D eigenvalue weighted by Gasteiger charge is -2.26. The van der Waals surface area contributed by atoms with Crippen molar-refractivity contribution in [1.29, 1.82) is 0 Å². The summed E-state index contributed by atoms with van der Waals surface area (Å²) < 4.78 is 31.7.